The third kappa shape index (κ3) is 3.63. The van der Waals surface area contributed by atoms with Crippen molar-refractivity contribution in [3.8, 4) is 17.2 Å². The Morgan fingerprint density at radius 2 is 1.75 bits per heavy atom. The minimum Gasteiger partial charge on any atom is -0.497 e. The number of aromatic nitrogens is 2. The summed E-state index contributed by atoms with van der Waals surface area (Å²) < 4.78 is 14.2. The molecule has 9 heteroatoms. The normalized spacial score (nSPS) is 15.0. The molecular weight excluding hydrogens is 446 g/mol. The molecule has 1 fully saturated rings. The minimum atomic E-state index is -0.344. The quantitative estimate of drug-likeness (QED) is 0.419. The van der Waals surface area contributed by atoms with E-state index in [1.54, 1.807) is 57.1 Å². The van der Waals surface area contributed by atoms with Crippen molar-refractivity contribution in [2.75, 3.05) is 19.1 Å². The highest BCUT2D eigenvalue weighted by Crippen LogP contribution is 2.38. The van der Waals surface area contributed by atoms with Crippen molar-refractivity contribution in [3.05, 3.63) is 75.0 Å². The molecule has 0 aliphatic carbocycles. The van der Waals surface area contributed by atoms with Gasteiger partial charge in [0.15, 0.2) is 4.32 Å². The van der Waals surface area contributed by atoms with Gasteiger partial charge in [-0.1, -0.05) is 42.2 Å². The lowest BCUT2D eigenvalue weighted by Gasteiger charge is -2.12. The molecule has 32 heavy (non-hydrogen) atoms. The SMILES string of the molecule is COc1ccc(/C=C2/SC(=S)N(c3c(C)n(C)n(-c4ccccc4)c3=O)C2=O)c(OC)c1. The second kappa shape index (κ2) is 8.68. The molecule has 0 saturated carbocycles. The van der Waals surface area contributed by atoms with Gasteiger partial charge in [-0.3, -0.25) is 19.2 Å². The summed E-state index contributed by atoms with van der Waals surface area (Å²) in [4.78, 5) is 28.4. The summed E-state index contributed by atoms with van der Waals surface area (Å²) in [6.45, 7) is 1.80. The maximum absolute atomic E-state index is 13.4. The number of methoxy groups -OCH3 is 2. The fourth-order valence-electron chi connectivity index (χ4n) is 3.55. The Hall–Kier alpha value is -3.30. The Bertz CT molecular complexity index is 1310. The molecule has 0 spiro atoms. The van der Waals surface area contributed by atoms with Gasteiger partial charge in [-0.05, 0) is 37.3 Å². The van der Waals surface area contributed by atoms with Crippen LogP contribution in [-0.2, 0) is 11.8 Å². The van der Waals surface area contributed by atoms with Gasteiger partial charge in [0, 0.05) is 18.7 Å². The number of carbonyl (C=O) groups is 1. The molecule has 1 amide bonds. The van der Waals surface area contributed by atoms with Gasteiger partial charge >= 0.3 is 0 Å². The second-order valence-electron chi connectivity index (χ2n) is 7.04. The number of para-hydroxylation sites is 1. The van der Waals surface area contributed by atoms with Crippen molar-refractivity contribution in [2.45, 2.75) is 6.92 Å². The highest BCUT2D eigenvalue weighted by Gasteiger charge is 2.37. The van der Waals surface area contributed by atoms with E-state index in [0.29, 0.717) is 37.7 Å². The van der Waals surface area contributed by atoms with Crippen LogP contribution in [0.2, 0.25) is 0 Å². The van der Waals surface area contributed by atoms with Gasteiger partial charge < -0.3 is 9.47 Å². The molecule has 4 rings (SSSR count). The fourth-order valence-corrected chi connectivity index (χ4v) is 4.81. The molecule has 0 radical (unpaired) electrons. The number of thioether (sulfide) groups is 1. The first-order chi connectivity index (χ1) is 15.4. The van der Waals surface area contributed by atoms with Crippen LogP contribution in [0.3, 0.4) is 0 Å². The number of nitrogens with zero attached hydrogens (tertiary/aromatic N) is 3. The predicted molar refractivity (Wildman–Crippen MR) is 131 cm³/mol. The molecule has 0 N–H and O–H groups in total. The van der Waals surface area contributed by atoms with Gasteiger partial charge in [0.25, 0.3) is 11.5 Å². The monoisotopic (exact) mass is 467 g/mol. The zero-order valence-corrected chi connectivity index (χ0v) is 19.6. The van der Waals surface area contributed by atoms with Crippen LogP contribution in [0.1, 0.15) is 11.3 Å². The average Bonchev–Trinajstić information content (AvgIpc) is 3.19. The lowest BCUT2D eigenvalue weighted by molar-refractivity contribution is -0.113. The number of thiocarbonyl (C=S) groups is 1. The van der Waals surface area contributed by atoms with Crippen molar-refractivity contribution >= 4 is 46.0 Å². The van der Waals surface area contributed by atoms with Crippen molar-refractivity contribution in [1.29, 1.82) is 0 Å². The molecule has 3 aromatic rings. The molecule has 164 valence electrons. The van der Waals surface area contributed by atoms with E-state index < -0.39 is 0 Å². The van der Waals surface area contributed by atoms with Crippen LogP contribution in [-0.4, -0.2) is 33.8 Å². The Balaban J connectivity index is 1.77. The molecule has 1 aromatic heterocycles. The first-order valence-electron chi connectivity index (χ1n) is 9.71. The Morgan fingerprint density at radius 1 is 1.03 bits per heavy atom. The first kappa shape index (κ1) is 21.9. The largest absolute Gasteiger partial charge is 0.497 e. The number of anilines is 1. The van der Waals surface area contributed by atoms with Gasteiger partial charge in [-0.15, -0.1) is 0 Å². The summed E-state index contributed by atoms with van der Waals surface area (Å²) in [5.41, 5.74) is 2.00. The smallest absolute Gasteiger partial charge is 0.296 e. The van der Waals surface area contributed by atoms with E-state index in [2.05, 4.69) is 0 Å². The third-order valence-corrected chi connectivity index (χ3v) is 6.57. The van der Waals surface area contributed by atoms with Crippen molar-refractivity contribution < 1.29 is 14.3 Å². The van der Waals surface area contributed by atoms with Crippen LogP contribution in [0, 0.1) is 6.92 Å². The van der Waals surface area contributed by atoms with Crippen LogP contribution in [0.5, 0.6) is 11.5 Å². The van der Waals surface area contributed by atoms with Gasteiger partial charge in [-0.25, -0.2) is 4.68 Å². The highest BCUT2D eigenvalue weighted by atomic mass is 32.2. The molecule has 2 aromatic carbocycles. The fraction of sp³-hybridized carbons (Fsp3) is 0.174. The zero-order valence-electron chi connectivity index (χ0n) is 18.0. The zero-order chi connectivity index (χ0) is 23.0. The number of rotatable bonds is 5. The summed E-state index contributed by atoms with van der Waals surface area (Å²) in [6, 6.07) is 14.6. The van der Waals surface area contributed by atoms with Gasteiger partial charge in [0.05, 0.1) is 30.5 Å². The molecule has 0 bridgehead atoms. The van der Waals surface area contributed by atoms with E-state index in [1.807, 2.05) is 30.3 Å². The molecule has 0 atom stereocenters. The molecule has 7 nitrogen and oxygen atoms in total. The summed E-state index contributed by atoms with van der Waals surface area (Å²) in [6.07, 6.45) is 1.71. The molecule has 0 unspecified atom stereocenters. The number of amides is 1. The van der Waals surface area contributed by atoms with E-state index in [4.69, 9.17) is 21.7 Å². The molecule has 1 aliphatic rings. The standard InChI is InChI=1S/C23H21N3O4S2/c1-14-20(22(28)26(24(14)2)16-8-6-5-7-9-16)25-21(27)19(32-23(25)31)12-15-10-11-17(29-3)13-18(15)30-4/h5-13H,1-4H3/b19-12+. The first-order valence-corrected chi connectivity index (χ1v) is 10.9. The van der Waals surface area contributed by atoms with Crippen LogP contribution in [0.15, 0.2) is 58.2 Å². The van der Waals surface area contributed by atoms with E-state index >= 15 is 0 Å². The Morgan fingerprint density at radius 3 is 2.41 bits per heavy atom. The number of hydrogen-bond donors (Lipinski definition) is 0. The summed E-state index contributed by atoms with van der Waals surface area (Å²) in [7, 11) is 4.91. The van der Waals surface area contributed by atoms with Crippen LogP contribution < -0.4 is 19.9 Å². The Kier molecular flexibility index (Phi) is 5.94. The number of ether oxygens (including phenoxy) is 2. The topological polar surface area (TPSA) is 65.7 Å². The summed E-state index contributed by atoms with van der Waals surface area (Å²) >= 11 is 6.65. The van der Waals surface area contributed by atoms with E-state index in [-0.39, 0.29) is 17.2 Å². The molecule has 1 aliphatic heterocycles. The van der Waals surface area contributed by atoms with Gasteiger partial charge in [0.1, 0.15) is 17.2 Å². The average molecular weight is 468 g/mol. The summed E-state index contributed by atoms with van der Waals surface area (Å²) in [5.74, 6) is 0.869. The third-order valence-electron chi connectivity index (χ3n) is 5.27. The maximum Gasteiger partial charge on any atom is 0.296 e. The number of hydrogen-bond acceptors (Lipinski definition) is 6. The van der Waals surface area contributed by atoms with E-state index in [9.17, 15) is 9.59 Å². The number of carbonyl (C=O) groups excluding carboxylic acids is 1. The lowest BCUT2D eigenvalue weighted by atomic mass is 10.1. The van der Waals surface area contributed by atoms with E-state index in [1.165, 1.54) is 9.58 Å². The molecule has 2 heterocycles. The maximum atomic E-state index is 13.4. The van der Waals surface area contributed by atoms with E-state index in [0.717, 1.165) is 11.8 Å². The van der Waals surface area contributed by atoms with Crippen LogP contribution in [0.4, 0.5) is 5.69 Å². The minimum absolute atomic E-state index is 0.254. The molecular formula is C23H21N3O4S2. The number of benzene rings is 2. The van der Waals surface area contributed by atoms with Gasteiger partial charge in [-0.2, -0.15) is 0 Å². The van der Waals surface area contributed by atoms with Gasteiger partial charge in [0.2, 0.25) is 0 Å². The molecule has 1 saturated heterocycles. The highest BCUT2D eigenvalue weighted by molar-refractivity contribution is 8.27. The Labute approximate surface area is 194 Å². The van der Waals surface area contributed by atoms with Crippen molar-refractivity contribution in [3.63, 3.8) is 0 Å². The predicted octanol–water partition coefficient (Wildman–Crippen LogP) is 3.91. The van der Waals surface area contributed by atoms with Crippen molar-refractivity contribution in [1.82, 2.24) is 9.36 Å². The lowest BCUT2D eigenvalue weighted by Crippen LogP contribution is -2.33. The van der Waals surface area contributed by atoms with Crippen LogP contribution >= 0.6 is 24.0 Å². The van der Waals surface area contributed by atoms with Crippen LogP contribution in [0.25, 0.3) is 11.8 Å². The summed E-state index contributed by atoms with van der Waals surface area (Å²) in [5, 5.41) is 0. The van der Waals surface area contributed by atoms with Crippen molar-refractivity contribution in [2.24, 2.45) is 7.05 Å². The second-order valence-corrected chi connectivity index (χ2v) is 8.71.